The molecule has 0 fully saturated rings. The summed E-state index contributed by atoms with van der Waals surface area (Å²) in [6, 6.07) is 25.9. The van der Waals surface area contributed by atoms with Crippen molar-refractivity contribution in [3.05, 3.63) is 107 Å². The molecule has 4 rings (SSSR count). The van der Waals surface area contributed by atoms with E-state index in [2.05, 4.69) is 9.72 Å². The molecule has 3 aromatic carbocycles. The minimum atomic E-state index is -0.341. The van der Waals surface area contributed by atoms with Crippen LogP contribution >= 0.6 is 0 Å². The Kier molecular flexibility index (Phi) is 6.03. The molecule has 0 radical (unpaired) electrons. The molecule has 0 aliphatic carbocycles. The molecule has 31 heavy (non-hydrogen) atoms. The van der Waals surface area contributed by atoms with Gasteiger partial charge in [-0.25, -0.2) is 4.98 Å². The first-order chi connectivity index (χ1) is 15.1. The highest BCUT2D eigenvalue weighted by molar-refractivity contribution is 6.09. The Morgan fingerprint density at radius 1 is 0.839 bits per heavy atom. The highest BCUT2D eigenvalue weighted by Crippen LogP contribution is 2.18. The maximum Gasteiger partial charge on any atom is 0.309 e. The van der Waals surface area contributed by atoms with Gasteiger partial charge in [0.1, 0.15) is 12.4 Å². The Hall–Kier alpha value is -3.99. The van der Waals surface area contributed by atoms with Gasteiger partial charge in [-0.05, 0) is 48.0 Å². The van der Waals surface area contributed by atoms with E-state index >= 15 is 0 Å². The molecular weight excluding hydrogens is 390 g/mol. The number of aromatic nitrogens is 1. The van der Waals surface area contributed by atoms with E-state index in [1.165, 1.54) is 7.11 Å². The van der Waals surface area contributed by atoms with Crippen molar-refractivity contribution in [2.24, 2.45) is 0 Å². The normalized spacial score (nSPS) is 10.6. The van der Waals surface area contributed by atoms with Gasteiger partial charge in [-0.1, -0.05) is 42.5 Å². The number of pyridine rings is 1. The third-order valence-corrected chi connectivity index (χ3v) is 4.92. The number of ketones is 1. The van der Waals surface area contributed by atoms with Crippen LogP contribution in [0.2, 0.25) is 0 Å². The van der Waals surface area contributed by atoms with Gasteiger partial charge in [0.05, 0.1) is 24.7 Å². The average molecular weight is 411 g/mol. The first-order valence-electron chi connectivity index (χ1n) is 9.90. The zero-order chi connectivity index (χ0) is 21.6. The van der Waals surface area contributed by atoms with E-state index in [0.717, 1.165) is 22.2 Å². The number of hydrogen-bond acceptors (Lipinski definition) is 5. The molecule has 5 nitrogen and oxygen atoms in total. The van der Waals surface area contributed by atoms with Crippen LogP contribution in [-0.2, 0) is 22.6 Å². The highest BCUT2D eigenvalue weighted by Gasteiger charge is 2.11. The Balaban J connectivity index is 1.42. The Morgan fingerprint density at radius 2 is 1.65 bits per heavy atom. The Morgan fingerprint density at radius 3 is 2.45 bits per heavy atom. The zero-order valence-corrected chi connectivity index (χ0v) is 17.1. The minimum absolute atomic E-state index is 0.116. The second-order valence-corrected chi connectivity index (χ2v) is 7.09. The first kappa shape index (κ1) is 20.3. The summed E-state index contributed by atoms with van der Waals surface area (Å²) in [5.74, 6) is 0.201. The number of para-hydroxylation sites is 1. The minimum Gasteiger partial charge on any atom is -0.487 e. The van der Waals surface area contributed by atoms with Crippen molar-refractivity contribution in [3.63, 3.8) is 0 Å². The van der Waals surface area contributed by atoms with Crippen LogP contribution in [0, 0.1) is 0 Å². The lowest BCUT2D eigenvalue weighted by Crippen LogP contribution is -2.06. The van der Waals surface area contributed by atoms with Crippen molar-refractivity contribution in [2.75, 3.05) is 7.11 Å². The van der Waals surface area contributed by atoms with E-state index in [1.54, 1.807) is 48.5 Å². The number of ether oxygens (including phenoxy) is 2. The predicted molar refractivity (Wildman–Crippen MR) is 118 cm³/mol. The Labute approximate surface area is 180 Å². The fourth-order valence-corrected chi connectivity index (χ4v) is 3.28. The molecule has 1 aromatic heterocycles. The van der Waals surface area contributed by atoms with Gasteiger partial charge in [-0.3, -0.25) is 9.59 Å². The summed E-state index contributed by atoms with van der Waals surface area (Å²) in [6.07, 6.45) is 0.132. The van der Waals surface area contributed by atoms with Gasteiger partial charge in [0, 0.05) is 16.5 Å². The fraction of sp³-hybridized carbons (Fsp3) is 0.115. The van der Waals surface area contributed by atoms with Crippen molar-refractivity contribution in [2.45, 2.75) is 13.0 Å². The third-order valence-electron chi connectivity index (χ3n) is 4.92. The summed E-state index contributed by atoms with van der Waals surface area (Å²) in [5, 5.41) is 1.09. The number of rotatable bonds is 7. The second-order valence-electron chi connectivity index (χ2n) is 7.09. The van der Waals surface area contributed by atoms with E-state index in [1.807, 2.05) is 36.4 Å². The summed E-state index contributed by atoms with van der Waals surface area (Å²) in [6.45, 7) is 0.341. The predicted octanol–water partition coefficient (Wildman–Crippen LogP) is 4.76. The zero-order valence-electron chi connectivity index (χ0n) is 17.1. The van der Waals surface area contributed by atoms with Crippen LogP contribution in [-0.4, -0.2) is 23.8 Å². The van der Waals surface area contributed by atoms with Gasteiger partial charge in [-0.15, -0.1) is 0 Å². The van der Waals surface area contributed by atoms with E-state index in [4.69, 9.17) is 4.74 Å². The van der Waals surface area contributed by atoms with E-state index in [0.29, 0.717) is 23.5 Å². The van der Waals surface area contributed by atoms with Crippen molar-refractivity contribution in [3.8, 4) is 5.75 Å². The maximum atomic E-state index is 12.8. The summed E-state index contributed by atoms with van der Waals surface area (Å²) < 4.78 is 10.5. The maximum absolute atomic E-state index is 12.8. The van der Waals surface area contributed by atoms with E-state index in [9.17, 15) is 9.59 Å². The molecule has 0 aliphatic heterocycles. The SMILES string of the molecule is COC(=O)Cc1cccc(C(=O)c2ccc(OCc3ccc4ccccc4n3)cc2)c1. The van der Waals surface area contributed by atoms with Crippen LogP contribution in [0.25, 0.3) is 10.9 Å². The smallest absolute Gasteiger partial charge is 0.309 e. The van der Waals surface area contributed by atoms with Gasteiger partial charge in [-0.2, -0.15) is 0 Å². The van der Waals surface area contributed by atoms with Crippen LogP contribution in [0.3, 0.4) is 0 Å². The van der Waals surface area contributed by atoms with Crippen LogP contribution in [0.15, 0.2) is 84.9 Å². The van der Waals surface area contributed by atoms with Gasteiger partial charge >= 0.3 is 5.97 Å². The molecule has 0 spiro atoms. The van der Waals surface area contributed by atoms with Gasteiger partial charge in [0.15, 0.2) is 5.78 Å². The van der Waals surface area contributed by atoms with Gasteiger partial charge in [0.25, 0.3) is 0 Å². The number of nitrogens with zero attached hydrogens (tertiary/aromatic N) is 1. The molecule has 154 valence electrons. The van der Waals surface area contributed by atoms with Crippen LogP contribution < -0.4 is 4.74 Å². The lowest BCUT2D eigenvalue weighted by atomic mass is 10.0. The molecule has 0 amide bonds. The standard InChI is InChI=1S/C26H21NO4/c1-30-25(28)16-18-5-4-7-21(15-18)26(29)20-10-13-23(14-11-20)31-17-22-12-9-19-6-2-3-8-24(19)27-22/h2-15H,16-17H2,1H3. The monoisotopic (exact) mass is 411 g/mol. The van der Waals surface area contributed by atoms with E-state index in [-0.39, 0.29) is 18.2 Å². The number of carbonyl (C=O) groups excluding carboxylic acids is 2. The quantitative estimate of drug-likeness (QED) is 0.324. The molecule has 0 unspecified atom stereocenters. The molecule has 0 atom stereocenters. The summed E-state index contributed by atoms with van der Waals surface area (Å²) in [5.41, 5.74) is 3.57. The topological polar surface area (TPSA) is 65.5 Å². The lowest BCUT2D eigenvalue weighted by molar-refractivity contribution is -0.139. The number of methoxy groups -OCH3 is 1. The van der Waals surface area contributed by atoms with Gasteiger partial charge < -0.3 is 9.47 Å². The van der Waals surface area contributed by atoms with Crippen LogP contribution in [0.4, 0.5) is 0 Å². The van der Waals surface area contributed by atoms with Crippen LogP contribution in [0.5, 0.6) is 5.75 Å². The molecule has 0 saturated carbocycles. The largest absolute Gasteiger partial charge is 0.487 e. The summed E-state index contributed by atoms with van der Waals surface area (Å²) in [7, 11) is 1.34. The second kappa shape index (κ2) is 9.22. The third kappa shape index (κ3) is 4.95. The van der Waals surface area contributed by atoms with Gasteiger partial charge in [0.2, 0.25) is 0 Å². The molecule has 0 aliphatic rings. The molecule has 0 N–H and O–H groups in total. The molecule has 0 bridgehead atoms. The molecular formula is C26H21NO4. The number of carbonyl (C=O) groups is 2. The number of hydrogen-bond donors (Lipinski definition) is 0. The molecule has 5 heteroatoms. The van der Waals surface area contributed by atoms with Crippen LogP contribution in [0.1, 0.15) is 27.2 Å². The molecule has 4 aromatic rings. The van der Waals surface area contributed by atoms with Crippen molar-refractivity contribution >= 4 is 22.7 Å². The summed E-state index contributed by atoms with van der Waals surface area (Å²) >= 11 is 0. The fourth-order valence-electron chi connectivity index (χ4n) is 3.28. The van der Waals surface area contributed by atoms with Crippen molar-refractivity contribution in [1.82, 2.24) is 4.98 Å². The number of benzene rings is 3. The highest BCUT2D eigenvalue weighted by atomic mass is 16.5. The van der Waals surface area contributed by atoms with Crippen molar-refractivity contribution in [1.29, 1.82) is 0 Å². The van der Waals surface area contributed by atoms with E-state index < -0.39 is 0 Å². The van der Waals surface area contributed by atoms with Crippen molar-refractivity contribution < 1.29 is 19.1 Å². The first-order valence-corrected chi connectivity index (χ1v) is 9.90. The number of esters is 1. The lowest BCUT2D eigenvalue weighted by Gasteiger charge is -2.08. The Bertz CT molecular complexity index is 1230. The molecule has 1 heterocycles. The summed E-state index contributed by atoms with van der Waals surface area (Å²) in [4.78, 5) is 28.9. The number of fused-ring (bicyclic) bond motifs is 1. The molecule has 0 saturated heterocycles. The average Bonchev–Trinajstić information content (AvgIpc) is 2.82.